The quantitative estimate of drug-likeness (QED) is 0.536. The van der Waals surface area contributed by atoms with Gasteiger partial charge in [0.25, 0.3) is 0 Å². The summed E-state index contributed by atoms with van der Waals surface area (Å²) in [4.78, 5) is 38.0. The predicted octanol–water partition coefficient (Wildman–Crippen LogP) is 3.40. The molecule has 0 radical (unpaired) electrons. The Labute approximate surface area is 204 Å². The molecule has 35 heavy (non-hydrogen) atoms. The maximum Gasteiger partial charge on any atom is 0.407 e. The molecule has 2 amide bonds. The van der Waals surface area contributed by atoms with E-state index in [0.717, 1.165) is 24.0 Å². The Morgan fingerprint density at radius 2 is 1.71 bits per heavy atom. The lowest BCUT2D eigenvalue weighted by Gasteiger charge is -2.33. The number of nitrogens with zero attached hydrogens (tertiary/aromatic N) is 1. The van der Waals surface area contributed by atoms with E-state index >= 15 is 0 Å². The average molecular weight is 479 g/mol. The lowest BCUT2D eigenvalue weighted by atomic mass is 9.98. The molecule has 1 saturated heterocycles. The number of hydrogen-bond donors (Lipinski definition) is 2. The number of aliphatic carboxylic acids is 1. The normalized spacial score (nSPS) is 22.1. The largest absolute Gasteiger partial charge is 0.479 e. The predicted molar refractivity (Wildman–Crippen MR) is 128 cm³/mol. The number of fused-ring (bicyclic) bond motifs is 4. The van der Waals surface area contributed by atoms with Crippen LogP contribution in [0.4, 0.5) is 4.79 Å². The van der Waals surface area contributed by atoms with Crippen molar-refractivity contribution in [1.29, 1.82) is 0 Å². The second kappa shape index (κ2) is 9.70. The van der Waals surface area contributed by atoms with E-state index in [-0.39, 0.29) is 50.5 Å². The fourth-order valence-corrected chi connectivity index (χ4v) is 5.68. The highest BCUT2D eigenvalue weighted by Gasteiger charge is 2.66. The zero-order valence-corrected chi connectivity index (χ0v) is 19.6. The molecule has 1 aliphatic heterocycles. The van der Waals surface area contributed by atoms with E-state index in [1.807, 2.05) is 24.3 Å². The molecule has 0 spiro atoms. The highest BCUT2D eigenvalue weighted by atomic mass is 16.5. The van der Waals surface area contributed by atoms with Crippen LogP contribution in [0.25, 0.3) is 11.1 Å². The molecule has 2 aromatic rings. The van der Waals surface area contributed by atoms with Gasteiger partial charge in [-0.3, -0.25) is 4.79 Å². The monoisotopic (exact) mass is 478 g/mol. The molecule has 0 unspecified atom stereocenters. The number of carboxylic acids is 1. The number of piperidine rings is 1. The number of hydrogen-bond acceptors (Lipinski definition) is 5. The Balaban J connectivity index is 1.01. The fraction of sp³-hybridized carbons (Fsp3) is 0.444. The van der Waals surface area contributed by atoms with E-state index in [1.165, 1.54) is 16.0 Å². The SMILES string of the molecule is O=C(NCCOCCC(=O)N1CCC[C@@H]2C[C@@]21C(=O)O)OCC1c2ccccc2-c2ccccc21. The van der Waals surface area contributed by atoms with Crippen molar-refractivity contribution in [3.63, 3.8) is 0 Å². The van der Waals surface area contributed by atoms with Crippen LogP contribution in [0.3, 0.4) is 0 Å². The summed E-state index contributed by atoms with van der Waals surface area (Å²) in [7, 11) is 0. The third kappa shape index (κ3) is 4.38. The molecule has 184 valence electrons. The molecule has 1 heterocycles. The number of likely N-dealkylation sites (tertiary alicyclic amines) is 1. The van der Waals surface area contributed by atoms with Gasteiger partial charge in [-0.2, -0.15) is 0 Å². The first kappa shape index (κ1) is 23.4. The number of benzene rings is 2. The molecule has 0 aromatic heterocycles. The van der Waals surface area contributed by atoms with E-state index in [2.05, 4.69) is 29.6 Å². The molecular weight excluding hydrogens is 448 g/mol. The fourth-order valence-electron chi connectivity index (χ4n) is 5.68. The van der Waals surface area contributed by atoms with Crippen LogP contribution in [0.15, 0.2) is 48.5 Å². The van der Waals surface area contributed by atoms with Gasteiger partial charge in [0.2, 0.25) is 5.91 Å². The summed E-state index contributed by atoms with van der Waals surface area (Å²) in [5, 5.41) is 12.3. The molecule has 2 N–H and O–H groups in total. The lowest BCUT2D eigenvalue weighted by molar-refractivity contribution is -0.155. The highest BCUT2D eigenvalue weighted by Crippen LogP contribution is 2.54. The molecule has 5 rings (SSSR count). The molecule has 1 saturated carbocycles. The van der Waals surface area contributed by atoms with E-state index in [4.69, 9.17) is 9.47 Å². The van der Waals surface area contributed by atoms with Gasteiger partial charge >= 0.3 is 12.1 Å². The van der Waals surface area contributed by atoms with Crippen molar-refractivity contribution in [2.45, 2.75) is 37.1 Å². The zero-order valence-electron chi connectivity index (χ0n) is 19.6. The maximum absolute atomic E-state index is 12.6. The third-order valence-corrected chi connectivity index (χ3v) is 7.48. The van der Waals surface area contributed by atoms with E-state index in [0.29, 0.717) is 13.0 Å². The second-order valence-corrected chi connectivity index (χ2v) is 9.43. The van der Waals surface area contributed by atoms with Crippen LogP contribution in [0.2, 0.25) is 0 Å². The van der Waals surface area contributed by atoms with Gasteiger partial charge in [0.15, 0.2) is 0 Å². The van der Waals surface area contributed by atoms with Crippen molar-refractivity contribution >= 4 is 18.0 Å². The first-order valence-electron chi connectivity index (χ1n) is 12.2. The van der Waals surface area contributed by atoms with Gasteiger partial charge in [0.1, 0.15) is 12.1 Å². The standard InChI is InChI=1S/C27H30N2O6/c30-24(29-13-5-6-18-16-27(18,29)25(31)32)11-14-34-15-12-28-26(33)35-17-23-21-9-3-1-7-19(21)20-8-2-4-10-22(20)23/h1-4,7-10,18,23H,5-6,11-17H2,(H,28,33)(H,31,32)/t18-,27+/m1/s1. The van der Waals surface area contributed by atoms with E-state index < -0.39 is 17.6 Å². The summed E-state index contributed by atoms with van der Waals surface area (Å²) in [6.07, 6.45) is 1.89. The molecule has 0 bridgehead atoms. The van der Waals surface area contributed by atoms with Gasteiger partial charge in [-0.1, -0.05) is 48.5 Å². The number of carboxylic acid groups (broad SMARTS) is 1. The van der Waals surface area contributed by atoms with Gasteiger partial charge in [-0.15, -0.1) is 0 Å². The van der Waals surface area contributed by atoms with Crippen molar-refractivity contribution < 1.29 is 29.0 Å². The van der Waals surface area contributed by atoms with Crippen LogP contribution in [0.5, 0.6) is 0 Å². The minimum absolute atomic E-state index is 0.00496. The molecule has 2 aliphatic carbocycles. The molecule has 2 fully saturated rings. The topological polar surface area (TPSA) is 105 Å². The third-order valence-electron chi connectivity index (χ3n) is 7.48. The van der Waals surface area contributed by atoms with Crippen LogP contribution < -0.4 is 5.32 Å². The average Bonchev–Trinajstić information content (AvgIpc) is 3.55. The number of ether oxygens (including phenoxy) is 2. The summed E-state index contributed by atoms with van der Waals surface area (Å²) in [5.74, 6) is -0.992. The Morgan fingerprint density at radius 1 is 1.03 bits per heavy atom. The Kier molecular flexibility index (Phi) is 6.47. The smallest absolute Gasteiger partial charge is 0.407 e. The minimum atomic E-state index is -0.985. The summed E-state index contributed by atoms with van der Waals surface area (Å²) < 4.78 is 11.0. The van der Waals surface area contributed by atoms with Gasteiger partial charge in [0.05, 0.1) is 19.6 Å². The first-order valence-corrected chi connectivity index (χ1v) is 12.2. The number of nitrogens with one attached hydrogen (secondary N) is 1. The molecule has 8 heteroatoms. The Bertz CT molecular complexity index is 1090. The van der Waals surface area contributed by atoms with Crippen molar-refractivity contribution in [1.82, 2.24) is 10.2 Å². The maximum atomic E-state index is 12.6. The van der Waals surface area contributed by atoms with Crippen LogP contribution in [0.1, 0.15) is 42.7 Å². The summed E-state index contributed by atoms with van der Waals surface area (Å²) in [6.45, 7) is 1.42. The van der Waals surface area contributed by atoms with Gasteiger partial charge in [-0.25, -0.2) is 9.59 Å². The summed E-state index contributed by atoms with van der Waals surface area (Å²) in [6, 6.07) is 16.3. The molecule has 3 aliphatic rings. The van der Waals surface area contributed by atoms with Crippen molar-refractivity contribution in [3.05, 3.63) is 59.7 Å². The van der Waals surface area contributed by atoms with Gasteiger partial charge in [-0.05, 0) is 47.4 Å². The number of alkyl carbamates (subject to hydrolysis) is 1. The van der Waals surface area contributed by atoms with Crippen molar-refractivity contribution in [2.24, 2.45) is 5.92 Å². The molecule has 8 nitrogen and oxygen atoms in total. The number of carbonyl (C=O) groups is 3. The van der Waals surface area contributed by atoms with Crippen LogP contribution in [0, 0.1) is 5.92 Å². The lowest BCUT2D eigenvalue weighted by Crippen LogP contribution is -2.51. The zero-order chi connectivity index (χ0) is 24.4. The van der Waals surface area contributed by atoms with Crippen LogP contribution >= 0.6 is 0 Å². The molecule has 2 atom stereocenters. The minimum Gasteiger partial charge on any atom is -0.479 e. The van der Waals surface area contributed by atoms with E-state index in [1.54, 1.807) is 0 Å². The van der Waals surface area contributed by atoms with Crippen LogP contribution in [-0.4, -0.2) is 66.4 Å². The van der Waals surface area contributed by atoms with E-state index in [9.17, 15) is 19.5 Å². The highest BCUT2D eigenvalue weighted by molar-refractivity contribution is 5.90. The van der Waals surface area contributed by atoms with Crippen molar-refractivity contribution in [2.75, 3.05) is 32.9 Å². The number of amides is 2. The summed E-state index contributed by atoms with van der Waals surface area (Å²) >= 11 is 0. The first-order chi connectivity index (χ1) is 17.0. The summed E-state index contributed by atoms with van der Waals surface area (Å²) in [5.41, 5.74) is 3.68. The number of rotatable bonds is 9. The molecule has 2 aromatic carbocycles. The van der Waals surface area contributed by atoms with Crippen molar-refractivity contribution in [3.8, 4) is 11.1 Å². The number of carbonyl (C=O) groups excluding carboxylic acids is 2. The Hall–Kier alpha value is -3.39. The molecular formula is C27H30N2O6. The Morgan fingerprint density at radius 3 is 2.40 bits per heavy atom. The second-order valence-electron chi connectivity index (χ2n) is 9.43. The van der Waals surface area contributed by atoms with Gasteiger partial charge in [0, 0.05) is 19.0 Å². The van der Waals surface area contributed by atoms with Gasteiger partial charge < -0.3 is 24.8 Å². The van der Waals surface area contributed by atoms with Crippen LogP contribution in [-0.2, 0) is 19.1 Å².